The molecule has 0 radical (unpaired) electrons. The van der Waals surface area contributed by atoms with E-state index in [0.717, 1.165) is 68.6 Å². The average Bonchev–Trinajstić information content (AvgIpc) is 3.34. The van der Waals surface area contributed by atoms with Gasteiger partial charge in [0.25, 0.3) is 11.1 Å². The Kier molecular flexibility index (Phi) is 15.2. The van der Waals surface area contributed by atoms with Gasteiger partial charge >= 0.3 is 12.4 Å². The molecule has 4 aromatic heterocycles. The lowest BCUT2D eigenvalue weighted by molar-refractivity contribution is -0.138. The van der Waals surface area contributed by atoms with Gasteiger partial charge in [0.05, 0.1) is 27.7 Å². The largest absolute Gasteiger partial charge is 0.416 e. The smallest absolute Gasteiger partial charge is 0.329 e. The summed E-state index contributed by atoms with van der Waals surface area (Å²) < 4.78 is 77.3. The molecule has 0 atom stereocenters. The minimum atomic E-state index is -4.50. The first kappa shape index (κ1) is 51.2. The number of fused-ring (bicyclic) bond motifs is 2. The van der Waals surface area contributed by atoms with E-state index in [9.17, 15) is 35.9 Å². The molecule has 0 aliphatic carbocycles. The lowest BCUT2D eigenvalue weighted by Gasteiger charge is -2.14. The van der Waals surface area contributed by atoms with Crippen molar-refractivity contribution >= 4 is 67.7 Å². The molecule has 17 heteroatoms. The van der Waals surface area contributed by atoms with E-state index in [0.29, 0.717) is 43.2 Å². The zero-order valence-corrected chi connectivity index (χ0v) is 41.5. The quantitative estimate of drug-likeness (QED) is 0.106. The second-order valence-corrected chi connectivity index (χ2v) is 18.1. The topological polar surface area (TPSA) is 130 Å². The maximum Gasteiger partial charge on any atom is 0.416 e. The molecule has 0 unspecified atom stereocenters. The van der Waals surface area contributed by atoms with Crippen molar-refractivity contribution < 1.29 is 26.3 Å². The first-order valence-corrected chi connectivity index (χ1v) is 23.5. The number of pyridine rings is 2. The van der Waals surface area contributed by atoms with Crippen LogP contribution in [-0.2, 0) is 12.4 Å². The number of nitrogens with zero attached hydrogens (tertiary/aromatic N) is 5. The van der Waals surface area contributed by atoms with Crippen LogP contribution >= 0.6 is 22.6 Å². The Morgan fingerprint density at radius 3 is 1.56 bits per heavy atom. The fourth-order valence-corrected chi connectivity index (χ4v) is 8.36. The second-order valence-electron chi connectivity index (χ2n) is 16.9. The Morgan fingerprint density at radius 2 is 1.05 bits per heavy atom. The minimum Gasteiger partial charge on any atom is -0.329 e. The van der Waals surface area contributed by atoms with Crippen molar-refractivity contribution in [3.05, 3.63) is 228 Å². The molecule has 73 heavy (non-hydrogen) atoms. The number of anilines is 4. The average molecular weight is 1100 g/mol. The van der Waals surface area contributed by atoms with Crippen LogP contribution in [0.15, 0.2) is 180 Å². The highest BCUT2D eigenvalue weighted by atomic mass is 127. The Labute approximate surface area is 428 Å². The van der Waals surface area contributed by atoms with Gasteiger partial charge in [0.2, 0.25) is 11.9 Å². The SMILES string of the molecule is Cc1cccc(Nc2ncc3cc(-c4c(C)cc[nH]c4=O)ccc3n2)c1.Cc1cccc(Nc2ncc3cc(-c4c(C)ccn(-c5cccc(C(F)(F)F)c5)c4=O)ccc3n2)c1.FC(F)(F)c1cccc(I)c1. The van der Waals surface area contributed by atoms with Crippen molar-refractivity contribution in [1.29, 1.82) is 0 Å². The van der Waals surface area contributed by atoms with Crippen LogP contribution < -0.4 is 21.8 Å². The van der Waals surface area contributed by atoms with Gasteiger partial charge in [-0.1, -0.05) is 48.5 Å². The number of aromatic nitrogens is 6. The van der Waals surface area contributed by atoms with Crippen molar-refractivity contribution in [1.82, 2.24) is 29.5 Å². The maximum absolute atomic E-state index is 13.4. The fourth-order valence-electron chi connectivity index (χ4n) is 7.82. The van der Waals surface area contributed by atoms with Crippen LogP contribution in [0, 0.1) is 31.3 Å². The number of alkyl halides is 6. The number of halogens is 7. The number of hydrogen-bond acceptors (Lipinski definition) is 8. The number of H-pyrrole nitrogens is 1. The predicted octanol–water partition coefficient (Wildman–Crippen LogP) is 14.5. The number of aromatic amines is 1. The number of nitrogens with one attached hydrogen (secondary N) is 3. The molecule has 0 spiro atoms. The number of rotatable bonds is 7. The monoisotopic (exact) mass is 1100 g/mol. The Bertz CT molecular complexity index is 3760. The van der Waals surface area contributed by atoms with Crippen LogP contribution in [0.4, 0.5) is 49.6 Å². The highest BCUT2D eigenvalue weighted by Crippen LogP contribution is 2.32. The van der Waals surface area contributed by atoms with E-state index >= 15 is 0 Å². The lowest BCUT2D eigenvalue weighted by atomic mass is 10.0. The zero-order valence-electron chi connectivity index (χ0n) is 39.4. The highest BCUT2D eigenvalue weighted by molar-refractivity contribution is 14.1. The summed E-state index contributed by atoms with van der Waals surface area (Å²) in [4.78, 5) is 46.2. The van der Waals surface area contributed by atoms with Crippen LogP contribution in [0.3, 0.4) is 0 Å². The van der Waals surface area contributed by atoms with E-state index in [1.807, 2.05) is 122 Å². The number of hydrogen-bond donors (Lipinski definition) is 3. The Hall–Kier alpha value is -8.19. The minimum absolute atomic E-state index is 0.0944. The molecule has 0 aliphatic rings. The molecule has 0 fully saturated rings. The molecule has 0 saturated heterocycles. The molecule has 0 saturated carbocycles. The van der Waals surface area contributed by atoms with E-state index < -0.39 is 29.0 Å². The molecule has 368 valence electrons. The van der Waals surface area contributed by atoms with E-state index in [1.54, 1.807) is 49.8 Å². The Morgan fingerprint density at radius 1 is 0.548 bits per heavy atom. The molecule has 0 bridgehead atoms. The lowest BCUT2D eigenvalue weighted by Crippen LogP contribution is -2.21. The van der Waals surface area contributed by atoms with Gasteiger partial charge in [-0.25, -0.2) is 19.9 Å². The van der Waals surface area contributed by atoms with Crippen LogP contribution in [-0.4, -0.2) is 29.5 Å². The number of aryl methyl sites for hydroxylation is 4. The van der Waals surface area contributed by atoms with Gasteiger partial charge in [-0.05, 0) is 181 Å². The summed E-state index contributed by atoms with van der Waals surface area (Å²) in [7, 11) is 0. The summed E-state index contributed by atoms with van der Waals surface area (Å²) in [6, 6.07) is 40.6. The summed E-state index contributed by atoms with van der Waals surface area (Å²) in [5.41, 5.74) is 8.08. The van der Waals surface area contributed by atoms with Gasteiger partial charge in [0.15, 0.2) is 0 Å². The van der Waals surface area contributed by atoms with Crippen molar-refractivity contribution in [2.24, 2.45) is 0 Å². The molecule has 10 rings (SSSR count). The van der Waals surface area contributed by atoms with Gasteiger partial charge in [0, 0.05) is 61.8 Å². The fraction of sp³-hybridized carbons (Fsp3) is 0.107. The van der Waals surface area contributed by atoms with E-state index in [1.165, 1.54) is 34.5 Å². The Balaban J connectivity index is 0.000000167. The first-order chi connectivity index (χ1) is 34.8. The van der Waals surface area contributed by atoms with E-state index in [4.69, 9.17) is 0 Å². The van der Waals surface area contributed by atoms with Gasteiger partial charge in [0.1, 0.15) is 0 Å². The molecule has 3 N–H and O–H groups in total. The molecule has 6 aromatic carbocycles. The summed E-state index contributed by atoms with van der Waals surface area (Å²) in [6.07, 6.45) is -2.12. The van der Waals surface area contributed by atoms with Gasteiger partial charge in [-0.2, -0.15) is 26.3 Å². The molecular formula is C56H43F6IN8O2. The highest BCUT2D eigenvalue weighted by Gasteiger charge is 2.31. The van der Waals surface area contributed by atoms with Crippen molar-refractivity contribution in [3.63, 3.8) is 0 Å². The normalized spacial score (nSPS) is 11.3. The van der Waals surface area contributed by atoms with E-state index in [-0.39, 0.29) is 11.2 Å². The third kappa shape index (κ3) is 12.7. The summed E-state index contributed by atoms with van der Waals surface area (Å²) in [6.45, 7) is 7.77. The van der Waals surface area contributed by atoms with Gasteiger partial charge in [-0.15, -0.1) is 0 Å². The zero-order chi connectivity index (χ0) is 52.0. The van der Waals surface area contributed by atoms with Crippen LogP contribution in [0.2, 0.25) is 0 Å². The first-order valence-electron chi connectivity index (χ1n) is 22.4. The van der Waals surface area contributed by atoms with Crippen LogP contribution in [0.1, 0.15) is 33.4 Å². The maximum atomic E-state index is 13.4. The van der Waals surface area contributed by atoms with E-state index in [2.05, 4.69) is 35.6 Å². The standard InChI is InChI=1S/C28H21F3N4O.C21H18N4O.C7H4F3I/c1-17-5-3-7-22(13-17)33-27-32-16-20-14-19(9-10-24(20)34-27)25-18(2)11-12-35(26(25)36)23-8-4-6-21(15-23)28(29,30)31;1-13-4-3-5-17(10-13)24-21-23-12-16-11-15(6-7-18(16)25-21)19-14(2)8-9-22-20(19)26;8-7(9,10)5-2-1-3-6(11)4-5/h3-16H,1-2H3,(H,32,33,34);3-12H,1-2H3,(H,22,26)(H,23,24,25);1-4H. The van der Waals surface area contributed by atoms with Crippen molar-refractivity contribution in [3.8, 4) is 27.9 Å². The molecule has 10 aromatic rings. The van der Waals surface area contributed by atoms with Crippen LogP contribution in [0.25, 0.3) is 49.7 Å². The summed E-state index contributed by atoms with van der Waals surface area (Å²) in [5, 5.41) is 8.03. The van der Waals surface area contributed by atoms with Gasteiger partial charge < -0.3 is 15.6 Å². The third-order valence-electron chi connectivity index (χ3n) is 11.4. The number of benzene rings is 6. The van der Waals surface area contributed by atoms with Crippen molar-refractivity contribution in [2.75, 3.05) is 10.6 Å². The van der Waals surface area contributed by atoms with Crippen LogP contribution in [0.5, 0.6) is 0 Å². The molecule has 0 aliphatic heterocycles. The van der Waals surface area contributed by atoms with Gasteiger partial charge in [-0.3, -0.25) is 14.2 Å². The second kappa shape index (κ2) is 21.7. The molecule has 4 heterocycles. The summed E-state index contributed by atoms with van der Waals surface area (Å²) in [5.74, 6) is 0.994. The molecule has 0 amide bonds. The summed E-state index contributed by atoms with van der Waals surface area (Å²) >= 11 is 1.85. The molecular weight excluding hydrogens is 1060 g/mol. The third-order valence-corrected chi connectivity index (χ3v) is 12.0. The van der Waals surface area contributed by atoms with Crippen molar-refractivity contribution in [2.45, 2.75) is 40.0 Å². The molecule has 10 nitrogen and oxygen atoms in total. The predicted molar refractivity (Wildman–Crippen MR) is 284 cm³/mol.